The van der Waals surface area contributed by atoms with Gasteiger partial charge in [-0.2, -0.15) is 0 Å². The maximum Gasteiger partial charge on any atom is 0.115 e. The molecule has 7 heteroatoms. The highest BCUT2D eigenvalue weighted by Gasteiger charge is 2.57. The van der Waals surface area contributed by atoms with E-state index in [1.54, 1.807) is 12.1 Å². The van der Waals surface area contributed by atoms with Crippen molar-refractivity contribution < 1.29 is 35.4 Å². The Kier molecular flexibility index (Phi) is 5.35. The SMILES string of the molecule is C[C@]12CC[C@@H]3c4ccc(O)cc4C(C4O[C@H](CO)[C@@H](O)[C@H](O)[C@H]4O)C[C@H]3[C@@H]1CC[C@@H]2O. The van der Waals surface area contributed by atoms with Gasteiger partial charge < -0.3 is 35.4 Å². The lowest BCUT2D eigenvalue weighted by atomic mass is 9.53. The van der Waals surface area contributed by atoms with Crippen LogP contribution in [0.1, 0.15) is 62.0 Å². The van der Waals surface area contributed by atoms with E-state index in [0.717, 1.165) is 36.8 Å². The Morgan fingerprint density at radius 1 is 0.968 bits per heavy atom. The number of aliphatic hydroxyl groups is 5. The van der Waals surface area contributed by atoms with Gasteiger partial charge in [-0.1, -0.05) is 13.0 Å². The van der Waals surface area contributed by atoms with Crippen LogP contribution in [0.4, 0.5) is 0 Å². The van der Waals surface area contributed by atoms with Gasteiger partial charge in [0.05, 0.1) is 18.8 Å². The fourth-order valence-electron chi connectivity index (χ4n) is 7.39. The van der Waals surface area contributed by atoms with Crippen molar-refractivity contribution in [3.8, 4) is 5.75 Å². The summed E-state index contributed by atoms with van der Waals surface area (Å²) in [4.78, 5) is 0. The van der Waals surface area contributed by atoms with Crippen LogP contribution in [0, 0.1) is 17.3 Å². The number of fused-ring (bicyclic) bond motifs is 5. The summed E-state index contributed by atoms with van der Waals surface area (Å²) in [7, 11) is 0. The molecule has 4 aliphatic rings. The van der Waals surface area contributed by atoms with Gasteiger partial charge in [0, 0.05) is 5.92 Å². The summed E-state index contributed by atoms with van der Waals surface area (Å²) in [6.45, 7) is 1.74. The molecule has 31 heavy (non-hydrogen) atoms. The van der Waals surface area contributed by atoms with Crippen molar-refractivity contribution in [2.75, 3.05) is 6.61 Å². The molecule has 1 aromatic rings. The molecule has 0 spiro atoms. The average Bonchev–Trinajstić information content (AvgIpc) is 3.06. The highest BCUT2D eigenvalue weighted by molar-refractivity contribution is 5.43. The predicted octanol–water partition coefficient (Wildman–Crippen LogP) is 0.993. The third-order valence-electron chi connectivity index (χ3n) is 9.11. The van der Waals surface area contributed by atoms with Crippen molar-refractivity contribution in [2.24, 2.45) is 17.3 Å². The van der Waals surface area contributed by atoms with Gasteiger partial charge in [-0.05, 0) is 78.5 Å². The molecule has 0 radical (unpaired) electrons. The summed E-state index contributed by atoms with van der Waals surface area (Å²) in [5.41, 5.74) is 1.93. The lowest BCUT2D eigenvalue weighted by Crippen LogP contribution is -2.60. The Balaban J connectivity index is 1.56. The van der Waals surface area contributed by atoms with Gasteiger partial charge in [0.15, 0.2) is 0 Å². The summed E-state index contributed by atoms with van der Waals surface area (Å²) in [5.74, 6) is 0.819. The zero-order valence-corrected chi connectivity index (χ0v) is 17.8. The molecule has 6 N–H and O–H groups in total. The molecule has 3 aliphatic carbocycles. The molecule has 172 valence electrons. The molecule has 11 atom stereocenters. The fraction of sp³-hybridized carbons (Fsp3) is 0.750. The Labute approximate surface area is 182 Å². The average molecular weight is 435 g/mol. The van der Waals surface area contributed by atoms with Crippen LogP contribution in [0.15, 0.2) is 18.2 Å². The van der Waals surface area contributed by atoms with Crippen molar-refractivity contribution in [1.82, 2.24) is 0 Å². The summed E-state index contributed by atoms with van der Waals surface area (Å²) in [5, 5.41) is 62.0. The van der Waals surface area contributed by atoms with E-state index < -0.39 is 37.1 Å². The molecule has 2 saturated carbocycles. The quantitative estimate of drug-likeness (QED) is 0.409. The summed E-state index contributed by atoms with van der Waals surface area (Å²) in [6.07, 6.45) is -1.77. The number of rotatable bonds is 2. The standard InChI is InChI=1S/C24H34O7/c1-24-7-6-13-12-3-2-11(26)8-14(12)16(9-15(13)17(24)4-5-19(24)27)23-22(30)21(29)20(28)18(10-25)31-23/h2-3,8,13,15-23,25-30H,4-7,9-10H2,1H3/t13-,15-,16?,17+,18-,19+,20-,21+,22-,23?,24+/m1/s1. The number of benzene rings is 1. The second-order valence-corrected chi connectivity index (χ2v) is 10.5. The molecule has 0 amide bonds. The normalized spacial score (nSPS) is 49.2. The first-order valence-electron chi connectivity index (χ1n) is 11.6. The van der Waals surface area contributed by atoms with Crippen molar-refractivity contribution in [2.45, 2.75) is 87.5 Å². The van der Waals surface area contributed by atoms with E-state index in [-0.39, 0.29) is 23.2 Å². The van der Waals surface area contributed by atoms with Gasteiger partial charge in [0.1, 0.15) is 30.2 Å². The first-order chi connectivity index (χ1) is 14.8. The monoisotopic (exact) mass is 434 g/mol. The van der Waals surface area contributed by atoms with E-state index in [4.69, 9.17) is 4.74 Å². The van der Waals surface area contributed by atoms with Gasteiger partial charge in [-0.3, -0.25) is 0 Å². The van der Waals surface area contributed by atoms with E-state index in [1.807, 2.05) is 6.07 Å². The van der Waals surface area contributed by atoms with Crippen LogP contribution in [0.3, 0.4) is 0 Å². The number of aliphatic hydroxyl groups excluding tert-OH is 5. The van der Waals surface area contributed by atoms with E-state index in [1.165, 1.54) is 0 Å². The van der Waals surface area contributed by atoms with E-state index in [0.29, 0.717) is 24.2 Å². The third-order valence-corrected chi connectivity index (χ3v) is 9.11. The van der Waals surface area contributed by atoms with Crippen molar-refractivity contribution in [1.29, 1.82) is 0 Å². The molecule has 0 bridgehead atoms. The highest BCUT2D eigenvalue weighted by atomic mass is 16.5. The van der Waals surface area contributed by atoms with Crippen LogP contribution in [0.2, 0.25) is 0 Å². The van der Waals surface area contributed by atoms with Crippen LogP contribution in [-0.2, 0) is 4.74 Å². The van der Waals surface area contributed by atoms with Gasteiger partial charge >= 0.3 is 0 Å². The first kappa shape index (κ1) is 21.6. The molecular weight excluding hydrogens is 400 g/mol. The maximum absolute atomic E-state index is 10.8. The Morgan fingerprint density at radius 2 is 1.74 bits per heavy atom. The summed E-state index contributed by atoms with van der Waals surface area (Å²) in [6, 6.07) is 5.39. The van der Waals surface area contributed by atoms with Gasteiger partial charge in [-0.25, -0.2) is 0 Å². The first-order valence-corrected chi connectivity index (χ1v) is 11.6. The van der Waals surface area contributed by atoms with Crippen molar-refractivity contribution in [3.63, 3.8) is 0 Å². The third kappa shape index (κ3) is 3.16. The van der Waals surface area contributed by atoms with E-state index in [2.05, 4.69) is 6.92 Å². The Bertz CT molecular complexity index is 828. The topological polar surface area (TPSA) is 131 Å². The second kappa shape index (κ2) is 7.68. The Hall–Kier alpha value is -1.22. The molecule has 1 aliphatic heterocycles. The lowest BCUT2D eigenvalue weighted by Gasteiger charge is -2.53. The predicted molar refractivity (Wildman–Crippen MR) is 112 cm³/mol. The fourth-order valence-corrected chi connectivity index (χ4v) is 7.39. The maximum atomic E-state index is 10.8. The van der Waals surface area contributed by atoms with Crippen LogP contribution in [0.5, 0.6) is 5.75 Å². The molecule has 0 aromatic heterocycles. The van der Waals surface area contributed by atoms with Crippen molar-refractivity contribution >= 4 is 0 Å². The number of ether oxygens (including phenoxy) is 1. The van der Waals surface area contributed by atoms with Crippen LogP contribution >= 0.6 is 0 Å². The summed E-state index contributed by atoms with van der Waals surface area (Å²) >= 11 is 0. The molecule has 2 unspecified atom stereocenters. The van der Waals surface area contributed by atoms with Crippen LogP contribution in [0.25, 0.3) is 0 Å². The smallest absolute Gasteiger partial charge is 0.115 e. The minimum Gasteiger partial charge on any atom is -0.508 e. The lowest BCUT2D eigenvalue weighted by molar-refractivity contribution is -0.236. The van der Waals surface area contributed by atoms with E-state index in [9.17, 15) is 30.6 Å². The molecule has 1 aromatic carbocycles. The van der Waals surface area contributed by atoms with E-state index >= 15 is 0 Å². The molecule has 5 rings (SSSR count). The number of hydrogen-bond donors (Lipinski definition) is 6. The van der Waals surface area contributed by atoms with Crippen LogP contribution in [-0.4, -0.2) is 73.9 Å². The van der Waals surface area contributed by atoms with Crippen LogP contribution < -0.4 is 0 Å². The minimum absolute atomic E-state index is 0.116. The molecule has 1 heterocycles. The molecular formula is C24H34O7. The molecule has 3 fully saturated rings. The number of phenols is 1. The second-order valence-electron chi connectivity index (χ2n) is 10.5. The van der Waals surface area contributed by atoms with Gasteiger partial charge in [0.25, 0.3) is 0 Å². The van der Waals surface area contributed by atoms with Gasteiger partial charge in [-0.15, -0.1) is 0 Å². The van der Waals surface area contributed by atoms with Crippen molar-refractivity contribution in [3.05, 3.63) is 29.3 Å². The number of aromatic hydroxyl groups is 1. The zero-order chi connectivity index (χ0) is 22.1. The largest absolute Gasteiger partial charge is 0.508 e. The Morgan fingerprint density at radius 3 is 2.48 bits per heavy atom. The highest BCUT2D eigenvalue weighted by Crippen LogP contribution is 2.63. The molecule has 7 nitrogen and oxygen atoms in total. The molecule has 1 saturated heterocycles. The van der Waals surface area contributed by atoms with Gasteiger partial charge in [0.2, 0.25) is 0 Å². The number of hydrogen-bond acceptors (Lipinski definition) is 7. The summed E-state index contributed by atoms with van der Waals surface area (Å²) < 4.78 is 5.96. The zero-order valence-electron chi connectivity index (χ0n) is 17.8. The number of phenolic OH excluding ortho intramolecular Hbond substituents is 1. The minimum atomic E-state index is -1.42.